The third-order valence-corrected chi connectivity index (χ3v) is 6.31. The van der Waals surface area contributed by atoms with E-state index in [0.717, 1.165) is 43.6 Å². The van der Waals surface area contributed by atoms with E-state index in [0.29, 0.717) is 19.0 Å². The van der Waals surface area contributed by atoms with Crippen molar-refractivity contribution >= 4 is 23.3 Å². The van der Waals surface area contributed by atoms with E-state index in [1.807, 2.05) is 40.1 Å². The highest BCUT2D eigenvalue weighted by molar-refractivity contribution is 5.96. The third-order valence-electron chi connectivity index (χ3n) is 6.31. The Bertz CT molecular complexity index is 902. The molecule has 0 aliphatic carbocycles. The van der Waals surface area contributed by atoms with Crippen LogP contribution in [0.5, 0.6) is 0 Å². The second-order valence-corrected chi connectivity index (χ2v) is 8.69. The van der Waals surface area contributed by atoms with Crippen LogP contribution < -0.4 is 10.2 Å². The van der Waals surface area contributed by atoms with E-state index in [1.54, 1.807) is 0 Å². The van der Waals surface area contributed by atoms with E-state index < -0.39 is 0 Å². The van der Waals surface area contributed by atoms with Crippen molar-refractivity contribution in [2.24, 2.45) is 5.92 Å². The van der Waals surface area contributed by atoms with Crippen molar-refractivity contribution in [3.8, 4) is 0 Å². The molecule has 2 aromatic carbocycles. The summed E-state index contributed by atoms with van der Waals surface area (Å²) in [6, 6.07) is 16.0. The minimum atomic E-state index is -0.0865. The van der Waals surface area contributed by atoms with Gasteiger partial charge in [-0.05, 0) is 60.9 Å². The fourth-order valence-corrected chi connectivity index (χ4v) is 4.48. The van der Waals surface area contributed by atoms with Crippen LogP contribution in [0.4, 0.5) is 16.2 Å². The maximum absolute atomic E-state index is 13.3. The van der Waals surface area contributed by atoms with Crippen LogP contribution >= 0.6 is 0 Å². The van der Waals surface area contributed by atoms with Crippen LogP contribution in [0.3, 0.4) is 0 Å². The van der Waals surface area contributed by atoms with Crippen molar-refractivity contribution in [1.82, 2.24) is 4.90 Å². The van der Waals surface area contributed by atoms with Crippen molar-refractivity contribution in [3.05, 3.63) is 59.7 Å². The molecule has 0 bridgehead atoms. The second kappa shape index (κ2) is 8.90. The lowest BCUT2D eigenvalue weighted by Crippen LogP contribution is -2.46. The van der Waals surface area contributed by atoms with Gasteiger partial charge in [0.25, 0.3) is 0 Å². The van der Waals surface area contributed by atoms with Crippen LogP contribution in [0.25, 0.3) is 0 Å². The van der Waals surface area contributed by atoms with E-state index in [9.17, 15) is 9.59 Å². The molecule has 158 valence electrons. The Hall–Kier alpha value is -2.82. The number of hydrogen-bond donors (Lipinski definition) is 1. The maximum Gasteiger partial charge on any atom is 0.321 e. The minimum Gasteiger partial charge on any atom is -0.324 e. The number of aryl methyl sites for hydroxylation is 1. The average molecular weight is 406 g/mol. The number of hydrogen-bond acceptors (Lipinski definition) is 2. The van der Waals surface area contributed by atoms with Crippen molar-refractivity contribution in [2.45, 2.75) is 45.4 Å². The van der Waals surface area contributed by atoms with E-state index >= 15 is 0 Å². The highest BCUT2D eigenvalue weighted by atomic mass is 16.2. The Morgan fingerprint density at radius 3 is 2.43 bits per heavy atom. The van der Waals surface area contributed by atoms with Gasteiger partial charge in [0.05, 0.1) is 0 Å². The number of amides is 3. The SMILES string of the molecule is CC(C)c1ccc2c(c1)CCCN2C(=O)C1CCN(C(=O)Nc2ccccc2)CC1. The topological polar surface area (TPSA) is 52.7 Å². The Balaban J connectivity index is 1.38. The molecule has 5 heteroatoms. The van der Waals surface area contributed by atoms with Crippen molar-refractivity contribution in [2.75, 3.05) is 29.9 Å². The van der Waals surface area contributed by atoms with Gasteiger partial charge in [-0.3, -0.25) is 4.79 Å². The Morgan fingerprint density at radius 2 is 1.73 bits per heavy atom. The lowest BCUT2D eigenvalue weighted by atomic mass is 9.91. The number of nitrogens with one attached hydrogen (secondary N) is 1. The first-order valence-corrected chi connectivity index (χ1v) is 11.1. The van der Waals surface area contributed by atoms with Gasteiger partial charge >= 0.3 is 6.03 Å². The number of anilines is 2. The van der Waals surface area contributed by atoms with Crippen molar-refractivity contribution in [1.29, 1.82) is 0 Å². The number of carbonyl (C=O) groups excluding carboxylic acids is 2. The van der Waals surface area contributed by atoms with Gasteiger partial charge in [-0.2, -0.15) is 0 Å². The molecule has 4 rings (SSSR count). The zero-order valence-corrected chi connectivity index (χ0v) is 17.9. The molecule has 0 spiro atoms. The molecule has 2 heterocycles. The smallest absolute Gasteiger partial charge is 0.321 e. The molecule has 2 aliphatic heterocycles. The fraction of sp³-hybridized carbons (Fsp3) is 0.440. The summed E-state index contributed by atoms with van der Waals surface area (Å²) in [5.41, 5.74) is 4.51. The molecule has 1 N–H and O–H groups in total. The molecule has 2 aliphatic rings. The second-order valence-electron chi connectivity index (χ2n) is 8.69. The number of benzene rings is 2. The molecule has 1 fully saturated rings. The lowest BCUT2D eigenvalue weighted by molar-refractivity contribution is -0.123. The molecule has 0 saturated carbocycles. The lowest BCUT2D eigenvalue weighted by Gasteiger charge is -2.36. The molecule has 0 unspecified atom stereocenters. The first-order chi connectivity index (χ1) is 14.5. The van der Waals surface area contributed by atoms with Gasteiger partial charge in [-0.15, -0.1) is 0 Å². The standard InChI is InChI=1S/C25H31N3O2/c1-18(2)20-10-11-23-21(17-20)7-6-14-28(23)24(29)19-12-15-27(16-13-19)25(30)26-22-8-4-3-5-9-22/h3-5,8-11,17-19H,6-7,12-16H2,1-2H3,(H,26,30). The van der Waals surface area contributed by atoms with Gasteiger partial charge in [0.1, 0.15) is 0 Å². The number of para-hydroxylation sites is 1. The number of fused-ring (bicyclic) bond motifs is 1. The number of nitrogens with zero attached hydrogens (tertiary/aromatic N) is 2. The third kappa shape index (κ3) is 4.35. The van der Waals surface area contributed by atoms with Crippen LogP contribution in [-0.2, 0) is 11.2 Å². The monoisotopic (exact) mass is 405 g/mol. The molecular weight excluding hydrogens is 374 g/mol. The van der Waals surface area contributed by atoms with Crippen LogP contribution in [0.2, 0.25) is 0 Å². The molecular formula is C25H31N3O2. The van der Waals surface area contributed by atoms with Gasteiger partial charge < -0.3 is 15.1 Å². The van der Waals surface area contributed by atoms with Crippen LogP contribution in [0.1, 0.15) is 50.2 Å². The number of piperidine rings is 1. The summed E-state index contributed by atoms with van der Waals surface area (Å²) in [6.45, 7) is 6.43. The van der Waals surface area contributed by atoms with Gasteiger partial charge in [-0.25, -0.2) is 4.79 Å². The molecule has 2 aromatic rings. The largest absolute Gasteiger partial charge is 0.324 e. The molecule has 0 aromatic heterocycles. The Morgan fingerprint density at radius 1 is 1.00 bits per heavy atom. The summed E-state index contributed by atoms with van der Waals surface area (Å²) >= 11 is 0. The van der Waals surface area contributed by atoms with Gasteiger partial charge in [0, 0.05) is 36.9 Å². The van der Waals surface area contributed by atoms with E-state index in [4.69, 9.17) is 0 Å². The first kappa shape index (κ1) is 20.5. The minimum absolute atomic E-state index is 0.0125. The summed E-state index contributed by atoms with van der Waals surface area (Å²) in [5, 5.41) is 2.94. The maximum atomic E-state index is 13.3. The Labute approximate surface area is 179 Å². The van der Waals surface area contributed by atoms with E-state index in [1.165, 1.54) is 11.1 Å². The average Bonchev–Trinajstić information content (AvgIpc) is 2.78. The zero-order chi connectivity index (χ0) is 21.1. The molecule has 3 amide bonds. The number of carbonyl (C=O) groups is 2. The fourth-order valence-electron chi connectivity index (χ4n) is 4.48. The highest BCUT2D eigenvalue weighted by Crippen LogP contribution is 2.32. The van der Waals surface area contributed by atoms with Gasteiger partial charge in [0.15, 0.2) is 0 Å². The number of likely N-dealkylation sites (tertiary alicyclic amines) is 1. The molecule has 30 heavy (non-hydrogen) atoms. The first-order valence-electron chi connectivity index (χ1n) is 11.1. The van der Waals surface area contributed by atoms with Crippen molar-refractivity contribution < 1.29 is 9.59 Å². The highest BCUT2D eigenvalue weighted by Gasteiger charge is 2.32. The summed E-state index contributed by atoms with van der Waals surface area (Å²) in [7, 11) is 0. The normalized spacial score (nSPS) is 17.0. The summed E-state index contributed by atoms with van der Waals surface area (Å²) in [5.74, 6) is 0.700. The zero-order valence-electron chi connectivity index (χ0n) is 17.9. The van der Waals surface area contributed by atoms with E-state index in [2.05, 4.69) is 37.4 Å². The predicted molar refractivity (Wildman–Crippen MR) is 121 cm³/mol. The molecule has 5 nitrogen and oxygen atoms in total. The molecule has 0 radical (unpaired) electrons. The molecule has 0 atom stereocenters. The van der Waals surface area contributed by atoms with Gasteiger partial charge in [0.2, 0.25) is 5.91 Å². The Kier molecular flexibility index (Phi) is 6.07. The summed E-state index contributed by atoms with van der Waals surface area (Å²) < 4.78 is 0. The number of urea groups is 1. The molecule has 1 saturated heterocycles. The number of rotatable bonds is 3. The van der Waals surface area contributed by atoms with Crippen molar-refractivity contribution in [3.63, 3.8) is 0 Å². The van der Waals surface area contributed by atoms with Crippen LogP contribution in [-0.4, -0.2) is 36.5 Å². The van der Waals surface area contributed by atoms with Gasteiger partial charge in [-0.1, -0.05) is 44.2 Å². The quantitative estimate of drug-likeness (QED) is 0.778. The summed E-state index contributed by atoms with van der Waals surface area (Å²) in [6.07, 6.45) is 3.49. The van der Waals surface area contributed by atoms with Crippen LogP contribution in [0.15, 0.2) is 48.5 Å². The van der Waals surface area contributed by atoms with E-state index in [-0.39, 0.29) is 17.9 Å². The summed E-state index contributed by atoms with van der Waals surface area (Å²) in [4.78, 5) is 29.6. The predicted octanol–water partition coefficient (Wildman–Crippen LogP) is 5.03. The van der Waals surface area contributed by atoms with Crippen LogP contribution in [0, 0.1) is 5.92 Å².